The van der Waals surface area contributed by atoms with Crippen LogP contribution in [0.1, 0.15) is 26.4 Å². The lowest BCUT2D eigenvalue weighted by atomic mass is 10.1. The number of carbonyl (C=O) groups excluding carboxylic acids is 2. The summed E-state index contributed by atoms with van der Waals surface area (Å²) < 4.78 is 1.04. The van der Waals surface area contributed by atoms with Gasteiger partial charge in [-0.05, 0) is 36.8 Å². The van der Waals surface area contributed by atoms with Crippen molar-refractivity contribution in [3.05, 3.63) is 80.8 Å². The molecule has 2 aromatic carbocycles. The van der Waals surface area contributed by atoms with Gasteiger partial charge in [0.05, 0.1) is 6.54 Å². The molecule has 0 aliphatic heterocycles. The minimum absolute atomic E-state index is 0.103. The van der Waals surface area contributed by atoms with E-state index in [2.05, 4.69) is 31.5 Å². The topological polar surface area (TPSA) is 71.1 Å². The van der Waals surface area contributed by atoms with Crippen LogP contribution in [-0.4, -0.2) is 23.3 Å². The number of nitrogens with zero attached hydrogens (tertiary/aromatic N) is 1. The summed E-state index contributed by atoms with van der Waals surface area (Å²) in [5, 5.41) is 5.86. The average Bonchev–Trinajstić information content (AvgIpc) is 3.09. The van der Waals surface area contributed by atoms with Crippen LogP contribution in [0.2, 0.25) is 0 Å². The maximum Gasteiger partial charge on any atom is 0.251 e. The Morgan fingerprint density at radius 1 is 1.07 bits per heavy atom. The van der Waals surface area contributed by atoms with Gasteiger partial charge < -0.3 is 10.6 Å². The predicted octanol–water partition coefficient (Wildman–Crippen LogP) is 4.17. The van der Waals surface area contributed by atoms with E-state index >= 15 is 0 Å². The summed E-state index contributed by atoms with van der Waals surface area (Å²) in [7, 11) is 0. The van der Waals surface area contributed by atoms with E-state index in [9.17, 15) is 9.59 Å². The number of carbonyl (C=O) groups is 2. The Bertz CT molecular complexity index is 937. The van der Waals surface area contributed by atoms with Crippen molar-refractivity contribution in [1.82, 2.24) is 10.3 Å². The standard InChI is InChI=1S/C20H18BrN3O2S/c1-13-2-6-15(7-3-13)19(26)22-12-18(25)24-20-23-11-17(27-20)10-14-4-8-16(21)9-5-14/h2-9,11H,10,12H2,1H3,(H,22,26)(H,23,24,25). The van der Waals surface area contributed by atoms with Crippen LogP contribution in [0, 0.1) is 6.92 Å². The van der Waals surface area contributed by atoms with Gasteiger partial charge in [0.25, 0.3) is 5.91 Å². The number of nitrogens with one attached hydrogen (secondary N) is 2. The van der Waals surface area contributed by atoms with E-state index in [4.69, 9.17) is 0 Å². The number of thiazole rings is 1. The average molecular weight is 444 g/mol. The molecule has 5 nitrogen and oxygen atoms in total. The molecule has 27 heavy (non-hydrogen) atoms. The second-order valence-corrected chi connectivity index (χ2v) is 8.06. The lowest BCUT2D eigenvalue weighted by molar-refractivity contribution is -0.115. The van der Waals surface area contributed by atoms with Gasteiger partial charge in [0.2, 0.25) is 5.91 Å². The van der Waals surface area contributed by atoms with Crippen LogP contribution in [0.15, 0.2) is 59.2 Å². The second kappa shape index (κ2) is 8.92. The highest BCUT2D eigenvalue weighted by molar-refractivity contribution is 9.10. The number of benzene rings is 2. The molecule has 0 aliphatic carbocycles. The van der Waals surface area contributed by atoms with Crippen LogP contribution >= 0.6 is 27.3 Å². The zero-order chi connectivity index (χ0) is 19.2. The minimum atomic E-state index is -0.306. The van der Waals surface area contributed by atoms with Crippen LogP contribution in [0.3, 0.4) is 0 Å². The Kier molecular flexibility index (Phi) is 6.36. The molecule has 0 saturated carbocycles. The Morgan fingerprint density at radius 3 is 2.48 bits per heavy atom. The van der Waals surface area contributed by atoms with Crippen molar-refractivity contribution in [2.75, 3.05) is 11.9 Å². The van der Waals surface area contributed by atoms with Gasteiger partial charge in [-0.15, -0.1) is 11.3 Å². The first-order valence-electron chi connectivity index (χ1n) is 8.33. The third-order valence-corrected chi connectivity index (χ3v) is 5.26. The van der Waals surface area contributed by atoms with E-state index in [0.717, 1.165) is 21.3 Å². The molecule has 0 saturated heterocycles. The zero-order valence-electron chi connectivity index (χ0n) is 14.7. The maximum absolute atomic E-state index is 12.0. The first-order valence-corrected chi connectivity index (χ1v) is 9.94. The van der Waals surface area contributed by atoms with Crippen molar-refractivity contribution in [2.45, 2.75) is 13.3 Å². The number of amides is 2. The zero-order valence-corrected chi connectivity index (χ0v) is 17.1. The summed E-state index contributed by atoms with van der Waals surface area (Å²) in [6.07, 6.45) is 2.51. The molecule has 2 N–H and O–H groups in total. The molecule has 2 amide bonds. The first-order chi connectivity index (χ1) is 13.0. The number of hydrogen-bond donors (Lipinski definition) is 2. The predicted molar refractivity (Wildman–Crippen MR) is 111 cm³/mol. The van der Waals surface area contributed by atoms with Crippen molar-refractivity contribution in [2.24, 2.45) is 0 Å². The molecule has 0 bridgehead atoms. The van der Waals surface area contributed by atoms with Gasteiger partial charge in [-0.1, -0.05) is 45.8 Å². The summed E-state index contributed by atoms with van der Waals surface area (Å²) in [5.41, 5.74) is 2.77. The molecule has 138 valence electrons. The molecule has 0 spiro atoms. The number of hydrogen-bond acceptors (Lipinski definition) is 4. The van der Waals surface area contributed by atoms with E-state index in [-0.39, 0.29) is 18.4 Å². The second-order valence-electron chi connectivity index (χ2n) is 6.03. The number of rotatable bonds is 6. The van der Waals surface area contributed by atoms with Gasteiger partial charge in [0, 0.05) is 27.5 Å². The van der Waals surface area contributed by atoms with Crippen LogP contribution in [-0.2, 0) is 11.2 Å². The number of aryl methyl sites for hydroxylation is 1. The van der Waals surface area contributed by atoms with Gasteiger partial charge in [0.15, 0.2) is 5.13 Å². The first kappa shape index (κ1) is 19.3. The van der Waals surface area contributed by atoms with E-state index < -0.39 is 0 Å². The Morgan fingerprint density at radius 2 is 1.78 bits per heavy atom. The maximum atomic E-state index is 12.0. The van der Waals surface area contributed by atoms with Gasteiger partial charge >= 0.3 is 0 Å². The smallest absolute Gasteiger partial charge is 0.251 e. The Balaban J connectivity index is 1.49. The summed E-state index contributed by atoms with van der Waals surface area (Å²) in [4.78, 5) is 29.4. The molecule has 3 rings (SSSR count). The molecule has 3 aromatic rings. The number of anilines is 1. The molecule has 0 unspecified atom stereocenters. The van der Waals surface area contributed by atoms with Gasteiger partial charge in [-0.2, -0.15) is 0 Å². The lowest BCUT2D eigenvalue weighted by Crippen LogP contribution is -2.32. The summed E-state index contributed by atoms with van der Waals surface area (Å²) in [6.45, 7) is 1.85. The highest BCUT2D eigenvalue weighted by Crippen LogP contribution is 2.22. The third-order valence-electron chi connectivity index (χ3n) is 3.81. The van der Waals surface area contributed by atoms with Crippen LogP contribution in [0.5, 0.6) is 0 Å². The van der Waals surface area contributed by atoms with Gasteiger partial charge in [-0.25, -0.2) is 4.98 Å². The third kappa shape index (κ3) is 5.74. The van der Waals surface area contributed by atoms with Crippen molar-refractivity contribution in [3.8, 4) is 0 Å². The fourth-order valence-corrected chi connectivity index (χ4v) is 3.51. The van der Waals surface area contributed by atoms with Crippen LogP contribution < -0.4 is 10.6 Å². The largest absolute Gasteiger partial charge is 0.343 e. The van der Waals surface area contributed by atoms with Crippen LogP contribution in [0.25, 0.3) is 0 Å². The number of halogens is 1. The molecular formula is C20H18BrN3O2S. The van der Waals surface area contributed by atoms with Gasteiger partial charge in [-0.3, -0.25) is 9.59 Å². The molecule has 1 heterocycles. The quantitative estimate of drug-likeness (QED) is 0.600. The van der Waals surface area contributed by atoms with Crippen molar-refractivity contribution in [1.29, 1.82) is 0 Å². The van der Waals surface area contributed by atoms with E-state index in [1.165, 1.54) is 16.9 Å². The van der Waals surface area contributed by atoms with E-state index in [1.807, 2.05) is 43.3 Å². The fraction of sp³-hybridized carbons (Fsp3) is 0.150. The summed E-state index contributed by atoms with van der Waals surface area (Å²) in [6, 6.07) is 15.3. The highest BCUT2D eigenvalue weighted by Gasteiger charge is 2.10. The fourth-order valence-electron chi connectivity index (χ4n) is 2.38. The van der Waals surface area contributed by atoms with Crippen molar-refractivity contribution in [3.63, 3.8) is 0 Å². The van der Waals surface area contributed by atoms with Crippen molar-refractivity contribution < 1.29 is 9.59 Å². The van der Waals surface area contributed by atoms with E-state index in [1.54, 1.807) is 18.3 Å². The summed E-state index contributed by atoms with van der Waals surface area (Å²) >= 11 is 4.84. The van der Waals surface area contributed by atoms with Crippen molar-refractivity contribution >= 4 is 44.2 Å². The van der Waals surface area contributed by atoms with Crippen LogP contribution in [0.4, 0.5) is 5.13 Å². The Hall–Kier alpha value is -2.51. The molecule has 7 heteroatoms. The molecule has 0 atom stereocenters. The monoisotopic (exact) mass is 443 g/mol. The number of aromatic nitrogens is 1. The summed E-state index contributed by atoms with van der Waals surface area (Å²) in [5.74, 6) is -0.583. The minimum Gasteiger partial charge on any atom is -0.343 e. The molecular weight excluding hydrogens is 426 g/mol. The Labute approximate surface area is 170 Å². The molecule has 1 aromatic heterocycles. The SMILES string of the molecule is Cc1ccc(C(=O)NCC(=O)Nc2ncc(Cc3ccc(Br)cc3)s2)cc1. The molecule has 0 fully saturated rings. The normalized spacial score (nSPS) is 10.4. The van der Waals surface area contributed by atoms with E-state index in [0.29, 0.717) is 10.7 Å². The highest BCUT2D eigenvalue weighted by atomic mass is 79.9. The molecule has 0 radical (unpaired) electrons. The molecule has 0 aliphatic rings. The van der Waals surface area contributed by atoms with Gasteiger partial charge in [0.1, 0.15) is 0 Å². The lowest BCUT2D eigenvalue weighted by Gasteiger charge is -2.05.